The highest BCUT2D eigenvalue weighted by atomic mass is 19.4. The number of hydrogen-bond acceptors (Lipinski definition) is 3. The second-order valence-electron chi connectivity index (χ2n) is 10.5. The number of fused-ring (bicyclic) bond motifs is 1. The van der Waals surface area contributed by atoms with Crippen LogP contribution < -0.4 is 4.90 Å². The molecule has 0 bridgehead atoms. The van der Waals surface area contributed by atoms with E-state index in [1.54, 1.807) is 6.92 Å². The largest absolute Gasteiger partial charge is 0.449 e. The Morgan fingerprint density at radius 3 is 1.93 bits per heavy atom. The van der Waals surface area contributed by atoms with E-state index in [0.29, 0.717) is 31.4 Å². The Bertz CT molecular complexity index is 1300. The number of benzene rings is 2. The van der Waals surface area contributed by atoms with Crippen LogP contribution in [0, 0.1) is 5.92 Å². The summed E-state index contributed by atoms with van der Waals surface area (Å²) in [4.78, 5) is 28.2. The summed E-state index contributed by atoms with van der Waals surface area (Å²) in [6.07, 6.45) is -14.1. The Morgan fingerprint density at radius 2 is 1.45 bits per heavy atom. The fourth-order valence-corrected chi connectivity index (χ4v) is 5.28. The first-order valence-corrected chi connectivity index (χ1v) is 13.1. The van der Waals surface area contributed by atoms with Gasteiger partial charge < -0.3 is 9.64 Å². The van der Waals surface area contributed by atoms with Gasteiger partial charge in [-0.1, -0.05) is 6.92 Å². The summed E-state index contributed by atoms with van der Waals surface area (Å²) < 4.78 is 127. The molecule has 230 valence electrons. The molecule has 2 atom stereocenters. The molecule has 0 spiro atoms. The van der Waals surface area contributed by atoms with Gasteiger partial charge in [-0.15, -0.1) is 0 Å². The molecule has 0 saturated heterocycles. The number of halogens is 9. The van der Waals surface area contributed by atoms with Gasteiger partial charge in [0.25, 0.3) is 0 Å². The van der Waals surface area contributed by atoms with Gasteiger partial charge in [-0.3, -0.25) is 9.69 Å². The predicted octanol–water partition coefficient (Wildman–Crippen LogP) is 8.37. The average molecular weight is 611 g/mol. The molecule has 0 aromatic heterocycles. The zero-order valence-corrected chi connectivity index (χ0v) is 22.5. The summed E-state index contributed by atoms with van der Waals surface area (Å²) in [7, 11) is 0. The molecule has 0 radical (unpaired) electrons. The molecular weight excluding hydrogens is 583 g/mol. The zero-order valence-electron chi connectivity index (χ0n) is 22.5. The molecule has 5 nitrogen and oxygen atoms in total. The number of hydrogen-bond donors (Lipinski definition) is 0. The van der Waals surface area contributed by atoms with E-state index >= 15 is 0 Å². The van der Waals surface area contributed by atoms with Crippen LogP contribution in [0.5, 0.6) is 0 Å². The maximum atomic E-state index is 13.7. The van der Waals surface area contributed by atoms with Crippen molar-refractivity contribution in [1.29, 1.82) is 0 Å². The van der Waals surface area contributed by atoms with Gasteiger partial charge in [0.05, 0.1) is 35.0 Å². The molecule has 2 aromatic rings. The highest BCUT2D eigenvalue weighted by Gasteiger charge is 2.47. The Labute approximate surface area is 235 Å². The molecule has 2 amide bonds. The smallest absolute Gasteiger partial charge is 0.416 e. The number of alkyl halides is 9. The number of rotatable bonds is 6. The van der Waals surface area contributed by atoms with E-state index in [1.807, 2.05) is 0 Å². The first-order valence-electron chi connectivity index (χ1n) is 13.1. The fraction of sp³-hybridized carbons (Fsp3) is 0.500. The summed E-state index contributed by atoms with van der Waals surface area (Å²) >= 11 is 0. The summed E-state index contributed by atoms with van der Waals surface area (Å²) in [5.74, 6) is -0.873. The second-order valence-corrected chi connectivity index (χ2v) is 10.5. The Hall–Kier alpha value is -3.45. The van der Waals surface area contributed by atoms with Crippen molar-refractivity contribution in [2.24, 2.45) is 5.92 Å². The van der Waals surface area contributed by atoms with Gasteiger partial charge in [0.2, 0.25) is 5.91 Å². The maximum Gasteiger partial charge on any atom is 0.416 e. The molecule has 0 unspecified atom stereocenters. The minimum Gasteiger partial charge on any atom is -0.449 e. The molecule has 2 aromatic carbocycles. The number of anilines is 1. The van der Waals surface area contributed by atoms with Crippen LogP contribution in [0.4, 0.5) is 50.0 Å². The van der Waals surface area contributed by atoms with Crippen LogP contribution in [0.1, 0.15) is 73.4 Å². The van der Waals surface area contributed by atoms with E-state index in [2.05, 4.69) is 0 Å². The molecule has 0 N–H and O–H groups in total. The molecule has 1 fully saturated rings. The van der Waals surface area contributed by atoms with Crippen LogP contribution >= 0.6 is 0 Å². The van der Waals surface area contributed by atoms with E-state index in [1.165, 1.54) is 4.90 Å². The van der Waals surface area contributed by atoms with Gasteiger partial charge in [-0.25, -0.2) is 4.79 Å². The highest BCUT2D eigenvalue weighted by molar-refractivity contribution is 5.91. The van der Waals surface area contributed by atoms with E-state index in [4.69, 9.17) is 4.74 Å². The van der Waals surface area contributed by atoms with Gasteiger partial charge >= 0.3 is 24.6 Å². The molecule has 42 heavy (non-hydrogen) atoms. The number of carbonyl (C=O) groups excluding carboxylic acids is 2. The molecule has 2 aliphatic rings. The quantitative estimate of drug-likeness (QED) is 0.309. The summed E-state index contributed by atoms with van der Waals surface area (Å²) in [6, 6.07) is 1.70. The lowest BCUT2D eigenvalue weighted by Gasteiger charge is -2.44. The van der Waals surface area contributed by atoms with Crippen molar-refractivity contribution >= 4 is 17.7 Å². The normalized spacial score (nSPS) is 19.4. The van der Waals surface area contributed by atoms with Gasteiger partial charge in [0.1, 0.15) is 0 Å². The standard InChI is InChI=1S/C28H27F9N2O3/c1-3-8-42-25(41)39-22-7-6-18(26(29,30)31)12-21(22)24(13-23(39)17-4-5-17)38(15(2)40)14-16-9-19(27(32,33)34)11-20(10-16)28(35,36)37/h6-7,9-12,17,23-24H,3-5,8,13-14H2,1-2H3/t23-,24-/m0/s1. The lowest BCUT2D eigenvalue weighted by atomic mass is 9.86. The van der Waals surface area contributed by atoms with E-state index < -0.39 is 71.4 Å². The van der Waals surface area contributed by atoms with Gasteiger partial charge in [-0.2, -0.15) is 39.5 Å². The first kappa shape index (κ1) is 31.5. The molecular formula is C28H27F9N2O3. The van der Waals surface area contributed by atoms with E-state index in [0.717, 1.165) is 30.0 Å². The van der Waals surface area contributed by atoms with E-state index in [9.17, 15) is 49.1 Å². The predicted molar refractivity (Wildman–Crippen MR) is 132 cm³/mol. The van der Waals surface area contributed by atoms with Crippen LogP contribution in [-0.2, 0) is 34.6 Å². The topological polar surface area (TPSA) is 49.9 Å². The van der Waals surface area contributed by atoms with Crippen LogP contribution in [0.3, 0.4) is 0 Å². The number of carbonyl (C=O) groups is 2. The van der Waals surface area contributed by atoms with Crippen molar-refractivity contribution in [3.05, 3.63) is 64.2 Å². The molecule has 1 aliphatic carbocycles. The molecule has 14 heteroatoms. The fourth-order valence-electron chi connectivity index (χ4n) is 5.28. The van der Waals surface area contributed by atoms with Gasteiger partial charge in [0.15, 0.2) is 0 Å². The Morgan fingerprint density at radius 1 is 0.881 bits per heavy atom. The Balaban J connectivity index is 1.85. The maximum absolute atomic E-state index is 13.7. The van der Waals surface area contributed by atoms with E-state index in [-0.39, 0.29) is 36.3 Å². The summed E-state index contributed by atoms with van der Waals surface area (Å²) in [6.45, 7) is 2.08. The molecule has 1 saturated carbocycles. The summed E-state index contributed by atoms with van der Waals surface area (Å²) in [5, 5.41) is 0. The third-order valence-electron chi connectivity index (χ3n) is 7.34. The number of nitrogens with zero attached hydrogens (tertiary/aromatic N) is 2. The molecule has 1 aliphatic heterocycles. The lowest BCUT2D eigenvalue weighted by Crippen LogP contribution is -2.49. The lowest BCUT2D eigenvalue weighted by molar-refractivity contribution is -0.143. The molecule has 1 heterocycles. The minimum absolute atomic E-state index is 0.0310. The van der Waals surface area contributed by atoms with Crippen LogP contribution in [0.15, 0.2) is 36.4 Å². The number of amides is 2. The van der Waals surface area contributed by atoms with Crippen molar-refractivity contribution in [2.45, 2.75) is 76.7 Å². The van der Waals surface area contributed by atoms with Crippen LogP contribution in [-0.4, -0.2) is 29.5 Å². The first-order chi connectivity index (χ1) is 19.4. The average Bonchev–Trinajstić information content (AvgIpc) is 3.73. The van der Waals surface area contributed by atoms with Crippen molar-refractivity contribution < 1.29 is 53.8 Å². The summed E-state index contributed by atoms with van der Waals surface area (Å²) in [5.41, 5.74) is -4.86. The van der Waals surface area contributed by atoms with Crippen molar-refractivity contribution in [3.63, 3.8) is 0 Å². The number of ether oxygens (including phenoxy) is 1. The monoisotopic (exact) mass is 610 g/mol. The second kappa shape index (κ2) is 11.3. The van der Waals surface area contributed by atoms with Crippen molar-refractivity contribution in [1.82, 2.24) is 4.90 Å². The van der Waals surface area contributed by atoms with Gasteiger partial charge in [0, 0.05) is 19.5 Å². The van der Waals surface area contributed by atoms with Crippen molar-refractivity contribution in [3.8, 4) is 0 Å². The third kappa shape index (κ3) is 6.78. The minimum atomic E-state index is -5.13. The SMILES string of the molecule is CCCOC(=O)N1c2ccc(C(F)(F)F)cc2[C@@H](N(Cc2cc(C(F)(F)F)cc(C(F)(F)F)c2)C(C)=O)C[C@H]1C1CC1. The Kier molecular flexibility index (Phi) is 8.49. The molecule has 4 rings (SSSR count). The van der Waals surface area contributed by atoms with Crippen molar-refractivity contribution in [2.75, 3.05) is 11.5 Å². The van der Waals surface area contributed by atoms with Crippen LogP contribution in [0.25, 0.3) is 0 Å². The highest BCUT2D eigenvalue weighted by Crippen LogP contribution is 2.50. The van der Waals surface area contributed by atoms with Crippen LogP contribution in [0.2, 0.25) is 0 Å². The van der Waals surface area contributed by atoms with Gasteiger partial charge in [-0.05, 0) is 79.1 Å². The zero-order chi connectivity index (χ0) is 31.2. The third-order valence-corrected chi connectivity index (χ3v) is 7.34.